The van der Waals surface area contributed by atoms with E-state index < -0.39 is 11.4 Å². The number of ether oxygens (including phenoxy) is 3. The zero-order chi connectivity index (χ0) is 20.5. The quantitative estimate of drug-likeness (QED) is 0.772. The average molecular weight is 391 g/mol. The monoisotopic (exact) mass is 391 g/mol. The number of fused-ring (bicyclic) bond motifs is 1. The van der Waals surface area contributed by atoms with Gasteiger partial charge < -0.3 is 19.1 Å². The molecule has 7 nitrogen and oxygen atoms in total. The van der Waals surface area contributed by atoms with E-state index in [1.165, 1.54) is 13.2 Å². The summed E-state index contributed by atoms with van der Waals surface area (Å²) in [5, 5.41) is 9.23. The molecule has 0 aliphatic carbocycles. The number of nitrogens with zero attached hydrogens (tertiary/aromatic N) is 3. The van der Waals surface area contributed by atoms with Crippen LogP contribution in [-0.2, 0) is 9.47 Å². The van der Waals surface area contributed by atoms with Crippen molar-refractivity contribution in [1.82, 2.24) is 9.80 Å². The van der Waals surface area contributed by atoms with E-state index in [1.807, 2.05) is 26.8 Å². The second-order valence-electron chi connectivity index (χ2n) is 8.05. The van der Waals surface area contributed by atoms with Gasteiger partial charge in [0, 0.05) is 31.7 Å². The Morgan fingerprint density at radius 2 is 2.07 bits per heavy atom. The fraction of sp³-hybridized carbons (Fsp3) is 0.600. The topological polar surface area (TPSA) is 75.0 Å². The molecule has 0 saturated carbocycles. The smallest absolute Gasteiger partial charge is 0.410 e. The van der Waals surface area contributed by atoms with Gasteiger partial charge in [-0.25, -0.2) is 9.18 Å². The van der Waals surface area contributed by atoms with Gasteiger partial charge in [-0.3, -0.25) is 4.90 Å². The molecule has 2 fully saturated rings. The van der Waals surface area contributed by atoms with Gasteiger partial charge in [0.15, 0.2) is 0 Å². The van der Waals surface area contributed by atoms with Gasteiger partial charge in [-0.1, -0.05) is 0 Å². The zero-order valence-electron chi connectivity index (χ0n) is 16.7. The number of hydrogen-bond donors (Lipinski definition) is 0. The highest BCUT2D eigenvalue weighted by atomic mass is 19.1. The van der Waals surface area contributed by atoms with Crippen LogP contribution in [-0.4, -0.2) is 67.4 Å². The lowest BCUT2D eigenvalue weighted by Crippen LogP contribution is -2.60. The maximum absolute atomic E-state index is 13.9. The molecule has 2 heterocycles. The van der Waals surface area contributed by atoms with E-state index in [2.05, 4.69) is 4.90 Å². The molecule has 1 aromatic rings. The first-order valence-corrected chi connectivity index (χ1v) is 9.33. The van der Waals surface area contributed by atoms with Crippen molar-refractivity contribution in [1.29, 1.82) is 5.26 Å². The van der Waals surface area contributed by atoms with Crippen LogP contribution in [0.1, 0.15) is 38.0 Å². The van der Waals surface area contributed by atoms with Crippen LogP contribution in [0.5, 0.6) is 5.75 Å². The van der Waals surface area contributed by atoms with Crippen molar-refractivity contribution in [3.63, 3.8) is 0 Å². The summed E-state index contributed by atoms with van der Waals surface area (Å²) in [5.41, 5.74) is 0.0221. The molecule has 8 heteroatoms. The van der Waals surface area contributed by atoms with E-state index in [-0.39, 0.29) is 29.6 Å². The summed E-state index contributed by atoms with van der Waals surface area (Å²) >= 11 is 0. The summed E-state index contributed by atoms with van der Waals surface area (Å²) in [5.74, 6) is -0.388. The molecule has 1 aromatic carbocycles. The molecule has 0 spiro atoms. The first kappa shape index (κ1) is 20.4. The molecular weight excluding hydrogens is 365 g/mol. The molecule has 2 saturated heterocycles. The first-order chi connectivity index (χ1) is 13.2. The van der Waals surface area contributed by atoms with Gasteiger partial charge >= 0.3 is 6.09 Å². The standard InChI is InChI=1S/C20H26FN3O4/c1-20(2,3)28-19(25)24-8-7-23-11-17(27-12-13(23)10-24)14-5-6-16(21)15(9-22)18(14)26-4/h5-6,13,17H,7-8,10-12H2,1-4H3/t13-,17?/m0/s1. The normalized spacial score (nSPS) is 22.9. The van der Waals surface area contributed by atoms with Crippen LogP contribution in [0.15, 0.2) is 12.1 Å². The summed E-state index contributed by atoms with van der Waals surface area (Å²) in [6.07, 6.45) is -0.639. The third-order valence-electron chi connectivity index (χ3n) is 4.95. The number of morpholine rings is 1. The third-order valence-corrected chi connectivity index (χ3v) is 4.95. The van der Waals surface area contributed by atoms with Gasteiger partial charge in [0.05, 0.1) is 25.9 Å². The molecule has 2 aliphatic rings. The minimum atomic E-state index is -0.609. The number of nitriles is 1. The summed E-state index contributed by atoms with van der Waals surface area (Å²) in [6.45, 7) is 8.35. The average Bonchev–Trinajstić information content (AvgIpc) is 2.65. The highest BCUT2D eigenvalue weighted by Crippen LogP contribution is 2.35. The van der Waals surface area contributed by atoms with Crippen LogP contribution in [0.2, 0.25) is 0 Å². The minimum Gasteiger partial charge on any atom is -0.495 e. The number of halogens is 1. The summed E-state index contributed by atoms with van der Waals surface area (Å²) < 4.78 is 30.7. The number of benzene rings is 1. The van der Waals surface area contributed by atoms with Crippen molar-refractivity contribution in [2.45, 2.75) is 38.5 Å². The molecule has 28 heavy (non-hydrogen) atoms. The summed E-state index contributed by atoms with van der Waals surface area (Å²) in [6, 6.07) is 4.81. The molecule has 152 valence electrons. The predicted octanol–water partition coefficient (Wildman–Crippen LogP) is 2.70. The van der Waals surface area contributed by atoms with Gasteiger partial charge in [-0.05, 0) is 32.9 Å². The van der Waals surface area contributed by atoms with Crippen LogP contribution in [0.25, 0.3) is 0 Å². The highest BCUT2D eigenvalue weighted by Gasteiger charge is 2.37. The fourth-order valence-electron chi connectivity index (χ4n) is 3.62. The van der Waals surface area contributed by atoms with E-state index in [0.717, 1.165) is 0 Å². The van der Waals surface area contributed by atoms with Crippen molar-refractivity contribution in [2.24, 2.45) is 0 Å². The molecular formula is C20H26FN3O4. The van der Waals surface area contributed by atoms with Gasteiger partial charge in [0.25, 0.3) is 0 Å². The Kier molecular flexibility index (Phi) is 5.77. The number of rotatable bonds is 2. The second-order valence-corrected chi connectivity index (χ2v) is 8.05. The van der Waals surface area contributed by atoms with Gasteiger partial charge in [-0.2, -0.15) is 5.26 Å². The Hall–Kier alpha value is -2.37. The molecule has 0 aromatic heterocycles. The van der Waals surface area contributed by atoms with Crippen molar-refractivity contribution in [3.05, 3.63) is 29.1 Å². The Balaban J connectivity index is 1.69. The van der Waals surface area contributed by atoms with E-state index in [1.54, 1.807) is 11.0 Å². The number of piperazine rings is 1. The second kappa shape index (κ2) is 7.94. The maximum Gasteiger partial charge on any atom is 0.410 e. The lowest BCUT2D eigenvalue weighted by molar-refractivity contribution is -0.0911. The summed E-state index contributed by atoms with van der Waals surface area (Å²) in [7, 11) is 1.42. The zero-order valence-corrected chi connectivity index (χ0v) is 16.7. The number of hydrogen-bond acceptors (Lipinski definition) is 6. The molecule has 1 unspecified atom stereocenters. The van der Waals surface area contributed by atoms with Crippen LogP contribution in [0.4, 0.5) is 9.18 Å². The van der Waals surface area contributed by atoms with E-state index in [0.29, 0.717) is 38.3 Å². The van der Waals surface area contributed by atoms with E-state index in [9.17, 15) is 14.4 Å². The lowest BCUT2D eigenvalue weighted by atomic mass is 10.0. The highest BCUT2D eigenvalue weighted by molar-refractivity contribution is 5.68. The minimum absolute atomic E-state index is 0.0689. The lowest BCUT2D eigenvalue weighted by Gasteiger charge is -2.46. The molecule has 3 rings (SSSR count). The summed E-state index contributed by atoms with van der Waals surface area (Å²) in [4.78, 5) is 16.3. The van der Waals surface area contributed by atoms with Crippen LogP contribution in [0, 0.1) is 17.1 Å². The fourth-order valence-corrected chi connectivity index (χ4v) is 3.62. The van der Waals surface area contributed by atoms with Crippen LogP contribution in [0.3, 0.4) is 0 Å². The molecule has 0 radical (unpaired) electrons. The number of amides is 1. The van der Waals surface area contributed by atoms with Gasteiger partial charge in [0.1, 0.15) is 28.8 Å². The van der Waals surface area contributed by atoms with Crippen molar-refractivity contribution >= 4 is 6.09 Å². The Bertz CT molecular complexity index is 787. The van der Waals surface area contributed by atoms with Crippen molar-refractivity contribution in [3.8, 4) is 11.8 Å². The first-order valence-electron chi connectivity index (χ1n) is 9.33. The van der Waals surface area contributed by atoms with Crippen molar-refractivity contribution < 1.29 is 23.4 Å². The van der Waals surface area contributed by atoms with Crippen LogP contribution < -0.4 is 4.74 Å². The molecule has 0 N–H and O–H groups in total. The predicted molar refractivity (Wildman–Crippen MR) is 99.5 cm³/mol. The number of methoxy groups -OCH3 is 1. The largest absolute Gasteiger partial charge is 0.495 e. The van der Waals surface area contributed by atoms with E-state index >= 15 is 0 Å². The maximum atomic E-state index is 13.9. The Labute approximate surface area is 164 Å². The number of carbonyl (C=O) groups is 1. The van der Waals surface area contributed by atoms with Crippen LogP contribution >= 0.6 is 0 Å². The van der Waals surface area contributed by atoms with Gasteiger partial charge in [-0.15, -0.1) is 0 Å². The Morgan fingerprint density at radius 3 is 2.71 bits per heavy atom. The molecule has 2 atom stereocenters. The number of carbonyl (C=O) groups excluding carboxylic acids is 1. The molecule has 1 amide bonds. The van der Waals surface area contributed by atoms with Crippen molar-refractivity contribution in [2.75, 3.05) is 39.9 Å². The third kappa shape index (κ3) is 4.21. The molecule has 0 bridgehead atoms. The molecule has 2 aliphatic heterocycles. The van der Waals surface area contributed by atoms with Gasteiger partial charge in [0.2, 0.25) is 0 Å². The SMILES string of the molecule is COc1c(C2CN3CCN(C(=O)OC(C)(C)C)C[C@H]3CO2)ccc(F)c1C#N. The Morgan fingerprint density at radius 1 is 1.32 bits per heavy atom. The van der Waals surface area contributed by atoms with E-state index in [4.69, 9.17) is 14.2 Å².